The summed E-state index contributed by atoms with van der Waals surface area (Å²) in [6.07, 6.45) is 8.82. The number of nitrogens with one attached hydrogen (secondary N) is 6. The Kier molecular flexibility index (Phi) is 16.2. The van der Waals surface area contributed by atoms with E-state index >= 15 is 0 Å². The van der Waals surface area contributed by atoms with Gasteiger partial charge in [0.05, 0.1) is 22.2 Å². The Bertz CT molecular complexity index is 2260. The van der Waals surface area contributed by atoms with Crippen molar-refractivity contribution in [2.45, 2.75) is 137 Å². The summed E-state index contributed by atoms with van der Waals surface area (Å²) < 4.78 is 0. The highest BCUT2D eigenvalue weighted by Crippen LogP contribution is 2.48. The second kappa shape index (κ2) is 21.9. The number of carbonyl (C=O) groups excluding carboxylic acids is 8. The largest absolute Gasteiger partial charge is 0.356 e. The highest BCUT2D eigenvalue weighted by atomic mass is 32.2. The van der Waals surface area contributed by atoms with Crippen LogP contribution < -0.4 is 31.9 Å². The van der Waals surface area contributed by atoms with Crippen LogP contribution in [0.2, 0.25) is 0 Å². The van der Waals surface area contributed by atoms with E-state index in [4.69, 9.17) is 0 Å². The smallest absolute Gasteiger partial charge is 0.315 e. The molecule has 0 radical (unpaired) electrons. The molecule has 0 spiro atoms. The van der Waals surface area contributed by atoms with Gasteiger partial charge in [-0.25, -0.2) is 9.59 Å². The number of thioether (sulfide) groups is 2. The molecular formula is C52H74N10O8S2. The van der Waals surface area contributed by atoms with E-state index in [1.165, 1.54) is 9.80 Å². The normalized spacial score (nSPS) is 27.1. The number of hydrogen-bond donors (Lipinski definition) is 6. The molecule has 392 valence electrons. The molecule has 6 heterocycles. The highest BCUT2D eigenvalue weighted by Gasteiger charge is 2.61. The first-order valence-electron chi connectivity index (χ1n) is 26.0. The van der Waals surface area contributed by atoms with Crippen LogP contribution in [0.25, 0.3) is 10.8 Å². The van der Waals surface area contributed by atoms with Crippen LogP contribution in [0.15, 0.2) is 24.3 Å². The maximum Gasteiger partial charge on any atom is 0.315 e. The average molecular weight is 1030 g/mol. The van der Waals surface area contributed by atoms with Crippen molar-refractivity contribution in [2.75, 3.05) is 78.0 Å². The molecule has 72 heavy (non-hydrogen) atoms. The molecule has 0 saturated carbocycles. The standard InChI is InChI=1S/C52H74N10O8S2/c1-49-31-71-37(51(49,3)57-47(69)55-49)15-7-9-17-39(63)53-23-11-25-59(5)27-13-29-61-43(65)33-19-21-35-42-36(22-20-34(41(33)42)44(61)66)46(68)62(45(35)67)30-14-28-60(6)26-12-24-54-40(64)18-10-8-16-38-52(4)50(2,32-72-38)56-48(70)58-52/h19-22,37-38H,7-18,23-32H2,1-6H3,(H,53,63)(H,54,64)(H2,55,57,69)(H2,56,58,70)/t37?,38?,49-,50+,51+,52-. The lowest BCUT2D eigenvalue weighted by Crippen LogP contribution is -2.58. The molecule has 2 unspecified atom stereocenters. The van der Waals surface area contributed by atoms with Crippen molar-refractivity contribution >= 4 is 81.8 Å². The van der Waals surface area contributed by atoms with Crippen LogP contribution in [0.3, 0.4) is 0 Å². The quantitative estimate of drug-likeness (QED) is 0.0429. The number of carbonyl (C=O) groups is 8. The Balaban J connectivity index is 0.704. The Hall–Kier alpha value is -4.92. The summed E-state index contributed by atoms with van der Waals surface area (Å²) in [5.74, 6) is 0.0319. The molecule has 4 saturated heterocycles. The zero-order chi connectivity index (χ0) is 51.6. The molecule has 10 amide bonds. The van der Waals surface area contributed by atoms with E-state index in [1.54, 1.807) is 24.3 Å². The van der Waals surface area contributed by atoms with Crippen molar-refractivity contribution in [3.63, 3.8) is 0 Å². The van der Waals surface area contributed by atoms with Crippen molar-refractivity contribution in [3.8, 4) is 0 Å². The first kappa shape index (κ1) is 53.4. The Labute approximate surface area is 431 Å². The third-order valence-electron chi connectivity index (χ3n) is 16.5. The first-order chi connectivity index (χ1) is 34.3. The minimum absolute atomic E-state index is 0.0323. The zero-order valence-electron chi connectivity index (χ0n) is 42.9. The van der Waals surface area contributed by atoms with Gasteiger partial charge in [-0.05, 0) is 144 Å². The number of rotatable bonds is 26. The SMILES string of the molecule is CN(CCCNC(=O)CCCCC1SC[C@@]2(C)NC(=O)N[C@@]12C)CCCN1C(=O)c2ccc3c4c(ccc(c24)C1=O)C(=O)N(CCCN(C)CCCNC(=O)CCCCC1SC[C@]2(C)NC(=O)N[C@]12C)C3=O. The minimum Gasteiger partial charge on any atom is -0.356 e. The van der Waals surface area contributed by atoms with Gasteiger partial charge in [-0.3, -0.25) is 38.6 Å². The predicted octanol–water partition coefficient (Wildman–Crippen LogP) is 4.70. The van der Waals surface area contributed by atoms with Gasteiger partial charge in [0.1, 0.15) is 0 Å². The maximum atomic E-state index is 13.9. The molecule has 20 heteroatoms. The van der Waals surface area contributed by atoms with Crippen LogP contribution in [-0.2, 0) is 9.59 Å². The number of urea groups is 2. The maximum absolute atomic E-state index is 13.9. The first-order valence-corrected chi connectivity index (χ1v) is 28.1. The fraction of sp³-hybridized carbons (Fsp3) is 0.654. The third kappa shape index (κ3) is 10.6. The molecule has 6 atom stereocenters. The van der Waals surface area contributed by atoms with Crippen molar-refractivity contribution in [1.82, 2.24) is 51.5 Å². The lowest BCUT2D eigenvalue weighted by molar-refractivity contribution is -0.122. The Morgan fingerprint density at radius 2 is 0.889 bits per heavy atom. The molecular weight excluding hydrogens is 957 g/mol. The number of amides is 10. The van der Waals surface area contributed by atoms with Crippen LogP contribution in [0.4, 0.5) is 9.59 Å². The second-order valence-electron chi connectivity index (χ2n) is 21.6. The summed E-state index contributed by atoms with van der Waals surface area (Å²) in [7, 11) is 3.95. The van der Waals surface area contributed by atoms with Crippen LogP contribution in [-0.4, -0.2) is 178 Å². The monoisotopic (exact) mass is 1030 g/mol. The molecule has 0 bridgehead atoms. The third-order valence-corrected chi connectivity index (χ3v) is 20.2. The van der Waals surface area contributed by atoms with Crippen molar-refractivity contribution in [3.05, 3.63) is 46.5 Å². The van der Waals surface area contributed by atoms with Crippen LogP contribution in [0.1, 0.15) is 146 Å². The molecule has 0 aliphatic carbocycles. The number of nitrogens with zero attached hydrogens (tertiary/aromatic N) is 4. The van der Waals surface area contributed by atoms with Gasteiger partial charge < -0.3 is 41.7 Å². The van der Waals surface area contributed by atoms with Gasteiger partial charge in [0.25, 0.3) is 23.6 Å². The predicted molar refractivity (Wildman–Crippen MR) is 281 cm³/mol. The molecule has 4 fully saturated rings. The summed E-state index contributed by atoms with van der Waals surface area (Å²) in [6.45, 7) is 12.7. The van der Waals surface area contributed by atoms with Gasteiger partial charge in [-0.15, -0.1) is 0 Å². The van der Waals surface area contributed by atoms with E-state index in [0.29, 0.717) is 95.4 Å². The van der Waals surface area contributed by atoms with Crippen molar-refractivity contribution < 1.29 is 38.4 Å². The van der Waals surface area contributed by atoms with E-state index in [9.17, 15) is 38.4 Å². The number of fused-ring (bicyclic) bond motifs is 2. The number of benzene rings is 2. The van der Waals surface area contributed by atoms with Crippen LogP contribution in [0.5, 0.6) is 0 Å². The Morgan fingerprint density at radius 3 is 1.25 bits per heavy atom. The van der Waals surface area contributed by atoms with E-state index in [2.05, 4.69) is 69.4 Å². The fourth-order valence-electron chi connectivity index (χ4n) is 11.6. The summed E-state index contributed by atoms with van der Waals surface area (Å²) in [5.41, 5.74) is 0.116. The summed E-state index contributed by atoms with van der Waals surface area (Å²) in [4.78, 5) is 111. The molecule has 18 nitrogen and oxygen atoms in total. The molecule has 2 aromatic rings. The molecule has 2 aromatic carbocycles. The van der Waals surface area contributed by atoms with E-state index < -0.39 is 23.6 Å². The number of imide groups is 2. The minimum atomic E-state index is -0.445. The molecule has 8 rings (SSSR count). The lowest BCUT2D eigenvalue weighted by atomic mass is 9.79. The summed E-state index contributed by atoms with van der Waals surface area (Å²) in [5, 5.41) is 19.8. The topological polar surface area (TPSA) is 222 Å². The summed E-state index contributed by atoms with van der Waals surface area (Å²) >= 11 is 3.76. The summed E-state index contributed by atoms with van der Waals surface area (Å²) in [6, 6.07) is 6.19. The van der Waals surface area contributed by atoms with Gasteiger partial charge in [0.15, 0.2) is 0 Å². The van der Waals surface area contributed by atoms with E-state index in [-0.39, 0.29) is 59.1 Å². The van der Waals surface area contributed by atoms with E-state index in [0.717, 1.165) is 76.0 Å². The van der Waals surface area contributed by atoms with Gasteiger partial charge >= 0.3 is 12.1 Å². The molecule has 0 aromatic heterocycles. The fourth-order valence-corrected chi connectivity index (χ4v) is 15.4. The van der Waals surface area contributed by atoms with Crippen molar-refractivity contribution in [2.24, 2.45) is 0 Å². The zero-order valence-corrected chi connectivity index (χ0v) is 44.5. The number of unbranched alkanes of at least 4 members (excludes halogenated alkanes) is 2. The highest BCUT2D eigenvalue weighted by molar-refractivity contribution is 8.00. The number of hydrogen-bond acceptors (Lipinski definition) is 12. The van der Waals surface area contributed by atoms with Gasteiger partial charge in [0, 0.05) is 94.1 Å². The van der Waals surface area contributed by atoms with Crippen LogP contribution >= 0.6 is 23.5 Å². The van der Waals surface area contributed by atoms with Crippen molar-refractivity contribution in [1.29, 1.82) is 0 Å². The average Bonchev–Trinajstić information content (AvgIpc) is 3.91. The second-order valence-corrected chi connectivity index (χ2v) is 24.0. The van der Waals surface area contributed by atoms with Crippen LogP contribution in [0, 0.1) is 0 Å². The van der Waals surface area contributed by atoms with E-state index in [1.807, 2.05) is 37.6 Å². The Morgan fingerprint density at radius 1 is 0.542 bits per heavy atom. The molecule has 6 aliphatic rings. The van der Waals surface area contributed by atoms with Gasteiger partial charge in [-0.2, -0.15) is 23.5 Å². The van der Waals surface area contributed by atoms with Gasteiger partial charge in [-0.1, -0.05) is 12.8 Å². The molecule has 6 N–H and O–H groups in total. The lowest BCUT2D eigenvalue weighted by Gasteiger charge is -2.35. The van der Waals surface area contributed by atoms with Gasteiger partial charge in [0.2, 0.25) is 11.8 Å². The molecule has 6 aliphatic heterocycles.